The summed E-state index contributed by atoms with van der Waals surface area (Å²) in [5.74, 6) is -0.286. The summed E-state index contributed by atoms with van der Waals surface area (Å²) in [6, 6.07) is 12.5. The van der Waals surface area contributed by atoms with Gasteiger partial charge < -0.3 is 5.32 Å². The zero-order chi connectivity index (χ0) is 18.8. The predicted molar refractivity (Wildman–Crippen MR) is 105 cm³/mol. The Morgan fingerprint density at radius 1 is 1.27 bits per heavy atom. The highest BCUT2D eigenvalue weighted by Gasteiger charge is 2.32. The van der Waals surface area contributed by atoms with Gasteiger partial charge in [-0.2, -0.15) is 0 Å². The lowest BCUT2D eigenvalue weighted by molar-refractivity contribution is -0.385. The third kappa shape index (κ3) is 3.34. The number of amides is 1. The molecule has 0 radical (unpaired) electrons. The molecule has 1 heterocycles. The number of hydrogen-bond donors (Lipinski definition) is 1. The summed E-state index contributed by atoms with van der Waals surface area (Å²) in [5, 5.41) is 14.3. The number of thiocarbonyl (C=S) groups is 1. The molecule has 0 spiro atoms. The number of nitrogens with one attached hydrogen (secondary N) is 1. The first-order chi connectivity index (χ1) is 12.4. The topological polar surface area (TPSA) is 75.5 Å². The van der Waals surface area contributed by atoms with Crippen LogP contribution in [-0.4, -0.2) is 15.9 Å². The lowest BCUT2D eigenvalue weighted by atomic mass is 10.1. The van der Waals surface area contributed by atoms with E-state index in [1.165, 1.54) is 11.0 Å². The molecule has 1 fully saturated rings. The van der Waals surface area contributed by atoms with E-state index in [2.05, 4.69) is 5.32 Å². The van der Waals surface area contributed by atoms with Gasteiger partial charge in [-0.25, -0.2) is 0 Å². The Labute approximate surface area is 156 Å². The molecule has 26 heavy (non-hydrogen) atoms. The Balaban J connectivity index is 1.95. The van der Waals surface area contributed by atoms with Crippen molar-refractivity contribution >= 4 is 40.7 Å². The van der Waals surface area contributed by atoms with Crippen LogP contribution in [0.1, 0.15) is 23.6 Å². The van der Waals surface area contributed by atoms with Crippen LogP contribution in [-0.2, 0) is 11.2 Å². The maximum atomic E-state index is 12.8. The van der Waals surface area contributed by atoms with Crippen LogP contribution in [0.2, 0.25) is 0 Å². The van der Waals surface area contributed by atoms with Gasteiger partial charge in [-0.15, -0.1) is 0 Å². The van der Waals surface area contributed by atoms with E-state index in [1.807, 2.05) is 31.2 Å². The molecule has 1 N–H and O–H groups in total. The maximum absolute atomic E-state index is 12.8. The van der Waals surface area contributed by atoms with Gasteiger partial charge in [0, 0.05) is 11.6 Å². The first-order valence-electron chi connectivity index (χ1n) is 8.12. The van der Waals surface area contributed by atoms with Crippen molar-refractivity contribution in [3.8, 4) is 0 Å². The fraction of sp³-hybridized carbons (Fsp3) is 0.158. The maximum Gasteiger partial charge on any atom is 0.281 e. The summed E-state index contributed by atoms with van der Waals surface area (Å²) in [6.07, 6.45) is 2.43. The van der Waals surface area contributed by atoms with E-state index in [4.69, 9.17) is 12.2 Å². The van der Waals surface area contributed by atoms with Gasteiger partial charge in [0.25, 0.3) is 11.6 Å². The molecule has 6 nitrogen and oxygen atoms in total. The average Bonchev–Trinajstić information content (AvgIpc) is 2.90. The summed E-state index contributed by atoms with van der Waals surface area (Å²) in [7, 11) is 0. The van der Waals surface area contributed by atoms with Gasteiger partial charge in [-0.1, -0.05) is 31.2 Å². The molecule has 0 atom stereocenters. The number of nitrogens with zero attached hydrogens (tertiary/aromatic N) is 2. The molecule has 0 aromatic heterocycles. The van der Waals surface area contributed by atoms with Crippen molar-refractivity contribution in [2.75, 3.05) is 4.90 Å². The SMILES string of the molecule is CCc1cccc(N2C(=O)/C(=C\c3ccc(C)c([N+](=O)[O-])c3)NC2=S)c1. The molecule has 0 saturated carbocycles. The van der Waals surface area contributed by atoms with E-state index in [1.54, 1.807) is 25.1 Å². The molecule has 7 heteroatoms. The molecular weight excluding hydrogens is 350 g/mol. The molecule has 1 aliphatic rings. The van der Waals surface area contributed by atoms with Crippen molar-refractivity contribution in [3.63, 3.8) is 0 Å². The van der Waals surface area contributed by atoms with Gasteiger partial charge >= 0.3 is 0 Å². The Hall–Kier alpha value is -3.06. The minimum Gasteiger partial charge on any atom is -0.327 e. The average molecular weight is 367 g/mol. The second kappa shape index (κ2) is 7.05. The normalized spacial score (nSPS) is 15.5. The Morgan fingerprint density at radius 3 is 2.73 bits per heavy atom. The first-order valence-corrected chi connectivity index (χ1v) is 8.52. The third-order valence-corrected chi connectivity index (χ3v) is 4.48. The molecular formula is C19H17N3O3S. The zero-order valence-electron chi connectivity index (χ0n) is 14.4. The fourth-order valence-electron chi connectivity index (χ4n) is 2.76. The number of benzene rings is 2. The number of aryl methyl sites for hydroxylation is 2. The number of nitro benzene ring substituents is 1. The second-order valence-electron chi connectivity index (χ2n) is 5.96. The highest BCUT2D eigenvalue weighted by Crippen LogP contribution is 2.25. The van der Waals surface area contributed by atoms with E-state index in [0.717, 1.165) is 12.0 Å². The summed E-state index contributed by atoms with van der Waals surface area (Å²) in [5.41, 5.74) is 3.23. The van der Waals surface area contributed by atoms with Gasteiger partial charge in [0.15, 0.2) is 5.11 Å². The Morgan fingerprint density at radius 2 is 2.04 bits per heavy atom. The molecule has 0 bridgehead atoms. The van der Waals surface area contributed by atoms with Gasteiger partial charge in [0.05, 0.1) is 10.6 Å². The van der Waals surface area contributed by atoms with E-state index in [0.29, 0.717) is 16.8 Å². The van der Waals surface area contributed by atoms with Crippen LogP contribution in [0, 0.1) is 17.0 Å². The third-order valence-electron chi connectivity index (χ3n) is 4.20. The van der Waals surface area contributed by atoms with Gasteiger partial charge in [-0.3, -0.25) is 19.8 Å². The molecule has 0 aliphatic carbocycles. The monoisotopic (exact) mass is 367 g/mol. The fourth-order valence-corrected chi connectivity index (χ4v) is 3.06. The molecule has 2 aromatic rings. The van der Waals surface area contributed by atoms with Gasteiger partial charge in [-0.05, 0) is 54.9 Å². The van der Waals surface area contributed by atoms with Crippen LogP contribution in [0.5, 0.6) is 0 Å². The predicted octanol–water partition coefficient (Wildman–Crippen LogP) is 3.73. The van der Waals surface area contributed by atoms with Crippen LogP contribution in [0.3, 0.4) is 0 Å². The van der Waals surface area contributed by atoms with Crippen molar-refractivity contribution in [2.24, 2.45) is 0 Å². The molecule has 0 unspecified atom stereocenters. The number of nitro groups is 1. The molecule has 1 saturated heterocycles. The first kappa shape index (κ1) is 17.8. The summed E-state index contributed by atoms with van der Waals surface area (Å²) in [4.78, 5) is 24.9. The molecule has 1 aliphatic heterocycles. The van der Waals surface area contributed by atoms with Gasteiger partial charge in [0.2, 0.25) is 0 Å². The van der Waals surface area contributed by atoms with Crippen molar-refractivity contribution in [1.82, 2.24) is 5.32 Å². The molecule has 2 aromatic carbocycles. The number of carbonyl (C=O) groups excluding carboxylic acids is 1. The Bertz CT molecular complexity index is 953. The standard InChI is InChI=1S/C19H17N3O3S/c1-3-13-5-4-6-15(9-13)21-18(23)16(20-19(21)26)10-14-8-7-12(2)17(11-14)22(24)25/h4-11H,3H2,1-2H3,(H,20,26)/b16-10+. The number of anilines is 1. The van der Waals surface area contributed by atoms with E-state index >= 15 is 0 Å². The van der Waals surface area contributed by atoms with E-state index < -0.39 is 4.92 Å². The van der Waals surface area contributed by atoms with Crippen molar-refractivity contribution in [3.05, 3.63) is 75.0 Å². The van der Waals surface area contributed by atoms with Crippen molar-refractivity contribution in [1.29, 1.82) is 0 Å². The number of hydrogen-bond acceptors (Lipinski definition) is 4. The van der Waals surface area contributed by atoms with E-state index in [-0.39, 0.29) is 22.4 Å². The highest BCUT2D eigenvalue weighted by molar-refractivity contribution is 7.80. The lowest BCUT2D eigenvalue weighted by Gasteiger charge is -2.14. The lowest BCUT2D eigenvalue weighted by Crippen LogP contribution is -2.30. The van der Waals surface area contributed by atoms with Crippen LogP contribution < -0.4 is 10.2 Å². The highest BCUT2D eigenvalue weighted by atomic mass is 32.1. The van der Waals surface area contributed by atoms with E-state index in [9.17, 15) is 14.9 Å². The molecule has 1 amide bonds. The number of rotatable bonds is 4. The minimum absolute atomic E-state index is 0.0138. The van der Waals surface area contributed by atoms with Crippen LogP contribution in [0.25, 0.3) is 6.08 Å². The second-order valence-corrected chi connectivity index (χ2v) is 6.34. The van der Waals surface area contributed by atoms with Crippen LogP contribution in [0.4, 0.5) is 11.4 Å². The van der Waals surface area contributed by atoms with Crippen molar-refractivity contribution < 1.29 is 9.72 Å². The van der Waals surface area contributed by atoms with Crippen LogP contribution >= 0.6 is 12.2 Å². The van der Waals surface area contributed by atoms with Gasteiger partial charge in [0.1, 0.15) is 5.70 Å². The van der Waals surface area contributed by atoms with Crippen LogP contribution in [0.15, 0.2) is 48.2 Å². The summed E-state index contributed by atoms with van der Waals surface area (Å²) in [6.45, 7) is 3.71. The molecule has 132 valence electrons. The smallest absolute Gasteiger partial charge is 0.281 e. The summed E-state index contributed by atoms with van der Waals surface area (Å²) < 4.78 is 0. The summed E-state index contributed by atoms with van der Waals surface area (Å²) >= 11 is 5.31. The Kier molecular flexibility index (Phi) is 4.81. The minimum atomic E-state index is -0.436. The number of carbonyl (C=O) groups is 1. The van der Waals surface area contributed by atoms with Crippen molar-refractivity contribution in [2.45, 2.75) is 20.3 Å². The molecule has 3 rings (SSSR count). The zero-order valence-corrected chi connectivity index (χ0v) is 15.2. The largest absolute Gasteiger partial charge is 0.327 e. The quantitative estimate of drug-likeness (QED) is 0.386.